The van der Waals surface area contributed by atoms with Crippen molar-refractivity contribution in [1.82, 2.24) is 5.32 Å². The van der Waals surface area contributed by atoms with Crippen molar-refractivity contribution in [2.24, 2.45) is 5.73 Å². The van der Waals surface area contributed by atoms with Gasteiger partial charge in [-0.25, -0.2) is 0 Å². The average molecular weight is 170 g/mol. The van der Waals surface area contributed by atoms with Gasteiger partial charge in [-0.15, -0.1) is 0 Å². The lowest BCUT2D eigenvalue weighted by atomic mass is 9.90. The molecule has 2 fully saturated rings. The van der Waals surface area contributed by atoms with Crippen LogP contribution in [0.25, 0.3) is 0 Å². The summed E-state index contributed by atoms with van der Waals surface area (Å²) < 4.78 is 5.33. The fourth-order valence-corrected chi connectivity index (χ4v) is 1.83. The highest BCUT2D eigenvalue weighted by atomic mass is 16.5. The van der Waals surface area contributed by atoms with Crippen LogP contribution in [0.1, 0.15) is 25.7 Å². The summed E-state index contributed by atoms with van der Waals surface area (Å²) in [5.74, 6) is 0. The molecule has 0 bridgehead atoms. The molecule has 0 aromatic rings. The highest BCUT2D eigenvalue weighted by molar-refractivity contribution is 4.97. The molecule has 70 valence electrons. The summed E-state index contributed by atoms with van der Waals surface area (Å²) in [4.78, 5) is 0. The Bertz CT molecular complexity index is 151. The van der Waals surface area contributed by atoms with Crippen molar-refractivity contribution in [3.8, 4) is 0 Å². The van der Waals surface area contributed by atoms with Crippen LogP contribution in [0.4, 0.5) is 0 Å². The van der Waals surface area contributed by atoms with E-state index >= 15 is 0 Å². The van der Waals surface area contributed by atoms with Crippen LogP contribution in [0.3, 0.4) is 0 Å². The first-order valence-electron chi connectivity index (χ1n) is 4.90. The third-order valence-corrected chi connectivity index (χ3v) is 2.93. The van der Waals surface area contributed by atoms with E-state index in [9.17, 15) is 0 Å². The van der Waals surface area contributed by atoms with Crippen molar-refractivity contribution in [3.63, 3.8) is 0 Å². The lowest BCUT2D eigenvalue weighted by molar-refractivity contribution is 0.0407. The number of nitrogens with one attached hydrogen (secondary N) is 1. The molecule has 0 amide bonds. The quantitative estimate of drug-likeness (QED) is 0.638. The third-order valence-electron chi connectivity index (χ3n) is 2.93. The number of nitrogens with two attached hydrogens (primary N) is 1. The minimum Gasteiger partial charge on any atom is -0.381 e. The van der Waals surface area contributed by atoms with Gasteiger partial charge in [0.25, 0.3) is 0 Å². The molecule has 0 unspecified atom stereocenters. The smallest absolute Gasteiger partial charge is 0.0484 e. The first-order chi connectivity index (χ1) is 5.85. The van der Waals surface area contributed by atoms with Crippen molar-refractivity contribution >= 4 is 0 Å². The summed E-state index contributed by atoms with van der Waals surface area (Å²) >= 11 is 0. The topological polar surface area (TPSA) is 47.3 Å². The summed E-state index contributed by atoms with van der Waals surface area (Å²) in [6, 6.07) is 0.756. The van der Waals surface area contributed by atoms with Gasteiger partial charge >= 0.3 is 0 Å². The predicted octanol–water partition coefficient (Wildman–Crippen LogP) is 0.246. The van der Waals surface area contributed by atoms with E-state index in [1.165, 1.54) is 12.8 Å². The molecule has 1 saturated carbocycles. The van der Waals surface area contributed by atoms with E-state index in [1.807, 2.05) is 0 Å². The molecule has 0 aromatic carbocycles. The summed E-state index contributed by atoms with van der Waals surface area (Å²) in [6.45, 7) is 2.50. The molecule has 1 heterocycles. The number of hydrogen-bond donors (Lipinski definition) is 2. The Morgan fingerprint density at radius 1 is 1.33 bits per heavy atom. The molecule has 1 aliphatic heterocycles. The van der Waals surface area contributed by atoms with Crippen molar-refractivity contribution in [2.45, 2.75) is 37.3 Å². The van der Waals surface area contributed by atoms with Crippen LogP contribution in [-0.4, -0.2) is 31.3 Å². The first kappa shape index (κ1) is 8.48. The average Bonchev–Trinajstić information content (AvgIpc) is 2.90. The second-order valence-electron chi connectivity index (χ2n) is 4.02. The minimum absolute atomic E-state index is 0.208. The molecule has 1 saturated heterocycles. The number of hydrogen-bond acceptors (Lipinski definition) is 3. The van der Waals surface area contributed by atoms with E-state index in [2.05, 4.69) is 5.32 Å². The maximum absolute atomic E-state index is 5.80. The van der Waals surface area contributed by atoms with E-state index < -0.39 is 0 Å². The van der Waals surface area contributed by atoms with Crippen molar-refractivity contribution < 1.29 is 4.74 Å². The van der Waals surface area contributed by atoms with Crippen LogP contribution in [-0.2, 0) is 4.74 Å². The van der Waals surface area contributed by atoms with Gasteiger partial charge in [0.15, 0.2) is 0 Å². The van der Waals surface area contributed by atoms with Gasteiger partial charge in [-0.1, -0.05) is 0 Å². The molecule has 0 aromatic heterocycles. The molecule has 3 N–H and O–H groups in total. The summed E-state index contributed by atoms with van der Waals surface area (Å²) in [6.07, 6.45) is 4.84. The van der Waals surface area contributed by atoms with Crippen LogP contribution >= 0.6 is 0 Å². The standard InChI is InChI=1S/C9H18N2O/c10-7-9(11-8-1-2-8)3-5-12-6-4-9/h8,11H,1-7,10H2. The van der Waals surface area contributed by atoms with Gasteiger partial charge in [-0.3, -0.25) is 0 Å². The molecule has 0 radical (unpaired) electrons. The highest BCUT2D eigenvalue weighted by Gasteiger charge is 2.36. The SMILES string of the molecule is NCC1(NC2CC2)CCOCC1. The normalized spacial score (nSPS) is 28.8. The van der Waals surface area contributed by atoms with Gasteiger partial charge in [-0.2, -0.15) is 0 Å². The van der Waals surface area contributed by atoms with Crippen LogP contribution in [0, 0.1) is 0 Å². The number of rotatable bonds is 3. The summed E-state index contributed by atoms with van der Waals surface area (Å²) in [7, 11) is 0. The van der Waals surface area contributed by atoms with Gasteiger partial charge < -0.3 is 15.8 Å². The Labute approximate surface area is 73.7 Å². The molecule has 0 atom stereocenters. The lowest BCUT2D eigenvalue weighted by Gasteiger charge is -2.37. The van der Waals surface area contributed by atoms with Gasteiger partial charge in [-0.05, 0) is 25.7 Å². The van der Waals surface area contributed by atoms with Gasteiger partial charge in [0, 0.05) is 31.3 Å². The van der Waals surface area contributed by atoms with Crippen LogP contribution < -0.4 is 11.1 Å². The van der Waals surface area contributed by atoms with Gasteiger partial charge in [0.2, 0.25) is 0 Å². The van der Waals surface area contributed by atoms with Crippen molar-refractivity contribution in [1.29, 1.82) is 0 Å². The molecule has 12 heavy (non-hydrogen) atoms. The predicted molar refractivity (Wildman–Crippen MR) is 48.0 cm³/mol. The molecule has 1 aliphatic carbocycles. The zero-order valence-electron chi connectivity index (χ0n) is 7.51. The van der Waals surface area contributed by atoms with Crippen LogP contribution in [0.2, 0.25) is 0 Å². The first-order valence-corrected chi connectivity index (χ1v) is 4.90. The molecular weight excluding hydrogens is 152 g/mol. The maximum atomic E-state index is 5.80. The second-order valence-corrected chi connectivity index (χ2v) is 4.02. The molecule has 3 heteroatoms. The second kappa shape index (κ2) is 3.32. The van der Waals surface area contributed by atoms with Crippen molar-refractivity contribution in [3.05, 3.63) is 0 Å². The molecule has 2 aliphatic rings. The van der Waals surface area contributed by atoms with E-state index in [-0.39, 0.29) is 5.54 Å². The molecular formula is C9H18N2O. The molecule has 2 rings (SSSR count). The van der Waals surface area contributed by atoms with E-state index in [1.54, 1.807) is 0 Å². The summed E-state index contributed by atoms with van der Waals surface area (Å²) in [5, 5.41) is 3.65. The van der Waals surface area contributed by atoms with Gasteiger partial charge in [0.05, 0.1) is 0 Å². The Kier molecular flexibility index (Phi) is 2.35. The highest BCUT2D eigenvalue weighted by Crippen LogP contribution is 2.27. The van der Waals surface area contributed by atoms with E-state index in [4.69, 9.17) is 10.5 Å². The zero-order chi connectivity index (χ0) is 8.44. The third kappa shape index (κ3) is 1.79. The Balaban J connectivity index is 1.90. The fourth-order valence-electron chi connectivity index (χ4n) is 1.83. The van der Waals surface area contributed by atoms with E-state index in [0.717, 1.165) is 38.6 Å². The van der Waals surface area contributed by atoms with Crippen LogP contribution in [0.15, 0.2) is 0 Å². The fraction of sp³-hybridized carbons (Fsp3) is 1.00. The zero-order valence-corrected chi connectivity index (χ0v) is 7.51. The Hall–Kier alpha value is -0.120. The van der Waals surface area contributed by atoms with Crippen LogP contribution in [0.5, 0.6) is 0 Å². The largest absolute Gasteiger partial charge is 0.381 e. The van der Waals surface area contributed by atoms with Gasteiger partial charge in [0.1, 0.15) is 0 Å². The minimum atomic E-state index is 0.208. The maximum Gasteiger partial charge on any atom is 0.0484 e. The van der Waals surface area contributed by atoms with Crippen molar-refractivity contribution in [2.75, 3.05) is 19.8 Å². The lowest BCUT2D eigenvalue weighted by Crippen LogP contribution is -2.55. The molecule has 0 spiro atoms. The number of ether oxygens (including phenoxy) is 1. The van der Waals surface area contributed by atoms with E-state index in [0.29, 0.717) is 0 Å². The Morgan fingerprint density at radius 3 is 2.50 bits per heavy atom. The molecule has 3 nitrogen and oxygen atoms in total. The monoisotopic (exact) mass is 170 g/mol. The summed E-state index contributed by atoms with van der Waals surface area (Å²) in [5.41, 5.74) is 6.00. The Morgan fingerprint density at radius 2 is 2.00 bits per heavy atom.